The Morgan fingerprint density at radius 3 is 2.56 bits per heavy atom. The molecule has 0 bridgehead atoms. The SMILES string of the molecule is COCCOc1ccc(N2C(=S)N[C@H](c3ccccn3)[C@@H]2c2cccn2-c2ccc(O)cc2)cc1Cl. The Kier molecular flexibility index (Phi) is 7.09. The van der Waals surface area contributed by atoms with E-state index >= 15 is 0 Å². The number of thiocarbonyl (C=S) groups is 1. The quantitative estimate of drug-likeness (QED) is 0.237. The Labute approximate surface area is 219 Å². The monoisotopic (exact) mass is 520 g/mol. The van der Waals surface area contributed by atoms with Gasteiger partial charge >= 0.3 is 0 Å². The number of hydrogen-bond donors (Lipinski definition) is 2. The molecule has 0 amide bonds. The lowest BCUT2D eigenvalue weighted by Gasteiger charge is -2.29. The van der Waals surface area contributed by atoms with Crippen molar-refractivity contribution in [3.63, 3.8) is 0 Å². The molecule has 0 spiro atoms. The summed E-state index contributed by atoms with van der Waals surface area (Å²) in [6, 6.07) is 22.2. The fourth-order valence-corrected chi connectivity index (χ4v) is 4.98. The second-order valence-corrected chi connectivity index (χ2v) is 9.07. The number of anilines is 1. The minimum atomic E-state index is -0.229. The van der Waals surface area contributed by atoms with Crippen LogP contribution in [-0.4, -0.2) is 40.1 Å². The normalized spacial score (nSPS) is 17.3. The van der Waals surface area contributed by atoms with Crippen molar-refractivity contribution in [2.24, 2.45) is 0 Å². The lowest BCUT2D eigenvalue weighted by Crippen LogP contribution is -2.30. The molecule has 0 radical (unpaired) electrons. The highest BCUT2D eigenvalue weighted by Crippen LogP contribution is 2.43. The van der Waals surface area contributed by atoms with Crippen molar-refractivity contribution in [2.45, 2.75) is 12.1 Å². The third kappa shape index (κ3) is 4.75. The summed E-state index contributed by atoms with van der Waals surface area (Å²) in [6.07, 6.45) is 3.78. The number of phenols is 1. The number of aromatic hydroxyl groups is 1. The van der Waals surface area contributed by atoms with Crippen molar-refractivity contribution in [1.82, 2.24) is 14.9 Å². The van der Waals surface area contributed by atoms with Crippen molar-refractivity contribution in [3.8, 4) is 17.2 Å². The fraction of sp³-hybridized carbons (Fsp3) is 0.185. The minimum Gasteiger partial charge on any atom is -0.508 e. The Hall–Kier alpha value is -3.59. The number of nitrogens with zero attached hydrogens (tertiary/aromatic N) is 3. The van der Waals surface area contributed by atoms with Gasteiger partial charge in [-0.25, -0.2) is 0 Å². The first-order chi connectivity index (χ1) is 17.6. The van der Waals surface area contributed by atoms with Gasteiger partial charge in [0.15, 0.2) is 5.11 Å². The fourth-order valence-electron chi connectivity index (χ4n) is 4.41. The maximum Gasteiger partial charge on any atom is 0.174 e. The van der Waals surface area contributed by atoms with Crippen LogP contribution < -0.4 is 15.0 Å². The van der Waals surface area contributed by atoms with E-state index in [0.29, 0.717) is 29.1 Å². The van der Waals surface area contributed by atoms with E-state index in [1.807, 2.05) is 60.8 Å². The van der Waals surface area contributed by atoms with Gasteiger partial charge in [0.2, 0.25) is 0 Å². The topological polar surface area (TPSA) is 71.8 Å². The number of nitrogens with one attached hydrogen (secondary N) is 1. The van der Waals surface area contributed by atoms with Gasteiger partial charge < -0.3 is 29.4 Å². The zero-order valence-corrected chi connectivity index (χ0v) is 21.1. The van der Waals surface area contributed by atoms with Gasteiger partial charge in [-0.3, -0.25) is 4.98 Å². The highest BCUT2D eigenvalue weighted by Gasteiger charge is 2.42. The molecular formula is C27H25ClN4O3S. The minimum absolute atomic E-state index is 0.208. The molecule has 9 heteroatoms. The second kappa shape index (κ2) is 10.6. The molecule has 1 aliphatic heterocycles. The highest BCUT2D eigenvalue weighted by atomic mass is 35.5. The average Bonchev–Trinajstić information content (AvgIpc) is 3.50. The van der Waals surface area contributed by atoms with E-state index in [2.05, 4.69) is 25.8 Å². The molecule has 7 nitrogen and oxygen atoms in total. The molecule has 2 atom stereocenters. The molecule has 1 aliphatic rings. The van der Waals surface area contributed by atoms with Crippen LogP contribution in [0.3, 0.4) is 0 Å². The molecule has 4 aromatic rings. The standard InChI is InChI=1S/C27H25ClN4O3S/c1-34-15-16-35-24-12-9-19(17-21(24)28)32-26(25(30-27(32)36)22-5-2-3-13-29-22)23-6-4-14-31(23)18-7-10-20(33)11-8-18/h2-14,17,25-26,33H,15-16H2,1H3,(H,30,36)/t25-,26+/m1/s1. The highest BCUT2D eigenvalue weighted by molar-refractivity contribution is 7.80. The molecule has 2 N–H and O–H groups in total. The predicted molar refractivity (Wildman–Crippen MR) is 144 cm³/mol. The summed E-state index contributed by atoms with van der Waals surface area (Å²) < 4.78 is 12.9. The molecular weight excluding hydrogens is 496 g/mol. The number of ether oxygens (including phenoxy) is 2. The molecule has 0 saturated carbocycles. The van der Waals surface area contributed by atoms with Gasteiger partial charge in [-0.15, -0.1) is 0 Å². The smallest absolute Gasteiger partial charge is 0.174 e. The molecule has 0 unspecified atom stereocenters. The van der Waals surface area contributed by atoms with Crippen LogP contribution in [0.15, 0.2) is 85.2 Å². The lowest BCUT2D eigenvalue weighted by molar-refractivity contribution is 0.146. The van der Waals surface area contributed by atoms with Gasteiger partial charge in [0.25, 0.3) is 0 Å². The van der Waals surface area contributed by atoms with Crippen molar-refractivity contribution >= 4 is 34.6 Å². The summed E-state index contributed by atoms with van der Waals surface area (Å²) in [7, 11) is 1.63. The number of methoxy groups -OCH3 is 1. The summed E-state index contributed by atoms with van der Waals surface area (Å²) in [5.41, 5.74) is 3.63. The number of hydrogen-bond acceptors (Lipinski definition) is 5. The molecule has 36 heavy (non-hydrogen) atoms. The van der Waals surface area contributed by atoms with Crippen LogP contribution in [0.2, 0.25) is 5.02 Å². The van der Waals surface area contributed by atoms with Gasteiger partial charge in [-0.05, 0) is 78.9 Å². The Morgan fingerprint density at radius 2 is 1.83 bits per heavy atom. The molecule has 5 rings (SSSR count). The van der Waals surface area contributed by atoms with Crippen LogP contribution in [0, 0.1) is 0 Å². The second-order valence-electron chi connectivity index (χ2n) is 8.27. The van der Waals surface area contributed by atoms with Crippen molar-refractivity contribution in [3.05, 3.63) is 102 Å². The molecule has 0 aliphatic carbocycles. The van der Waals surface area contributed by atoms with Crippen molar-refractivity contribution in [2.75, 3.05) is 25.2 Å². The Balaban J connectivity index is 1.58. The van der Waals surface area contributed by atoms with E-state index in [9.17, 15) is 5.11 Å². The van der Waals surface area contributed by atoms with Crippen molar-refractivity contribution in [1.29, 1.82) is 0 Å². The number of halogens is 1. The molecule has 3 heterocycles. The molecule has 1 saturated heterocycles. The molecule has 1 fully saturated rings. The zero-order chi connectivity index (χ0) is 25.1. The Bertz CT molecular complexity index is 1350. The van der Waals surface area contributed by atoms with Gasteiger partial charge in [0.1, 0.15) is 24.1 Å². The zero-order valence-electron chi connectivity index (χ0n) is 19.5. The first-order valence-electron chi connectivity index (χ1n) is 11.5. The van der Waals surface area contributed by atoms with Crippen LogP contribution in [-0.2, 0) is 4.74 Å². The number of phenolic OH excluding ortho intramolecular Hbond substituents is 1. The maximum atomic E-state index is 9.79. The lowest BCUT2D eigenvalue weighted by atomic mass is 10.0. The van der Waals surface area contributed by atoms with E-state index in [1.54, 1.807) is 25.4 Å². The number of pyridine rings is 1. The first kappa shape index (κ1) is 24.1. The molecule has 2 aromatic carbocycles. The summed E-state index contributed by atoms with van der Waals surface area (Å²) in [6.45, 7) is 0.879. The van der Waals surface area contributed by atoms with E-state index < -0.39 is 0 Å². The van der Waals surface area contributed by atoms with E-state index in [1.165, 1.54) is 0 Å². The van der Waals surface area contributed by atoms with Crippen LogP contribution >= 0.6 is 23.8 Å². The van der Waals surface area contributed by atoms with Crippen LogP contribution in [0.1, 0.15) is 23.5 Å². The van der Waals surface area contributed by atoms with E-state index in [-0.39, 0.29) is 17.8 Å². The van der Waals surface area contributed by atoms with Crippen LogP contribution in [0.25, 0.3) is 5.69 Å². The first-order valence-corrected chi connectivity index (χ1v) is 12.2. The summed E-state index contributed by atoms with van der Waals surface area (Å²) in [5, 5.41) is 14.3. The largest absolute Gasteiger partial charge is 0.508 e. The van der Waals surface area contributed by atoms with Gasteiger partial charge in [-0.2, -0.15) is 0 Å². The maximum absolute atomic E-state index is 9.79. The van der Waals surface area contributed by atoms with Gasteiger partial charge in [0.05, 0.1) is 23.4 Å². The van der Waals surface area contributed by atoms with Gasteiger partial charge in [0, 0.05) is 36.6 Å². The van der Waals surface area contributed by atoms with Crippen LogP contribution in [0.5, 0.6) is 11.5 Å². The average molecular weight is 521 g/mol. The number of benzene rings is 2. The van der Waals surface area contributed by atoms with E-state index in [0.717, 1.165) is 22.8 Å². The predicted octanol–water partition coefficient (Wildman–Crippen LogP) is 5.43. The summed E-state index contributed by atoms with van der Waals surface area (Å²) in [5.74, 6) is 0.799. The summed E-state index contributed by atoms with van der Waals surface area (Å²) in [4.78, 5) is 6.68. The number of rotatable bonds is 8. The van der Waals surface area contributed by atoms with E-state index in [4.69, 9.17) is 33.3 Å². The molecule has 2 aromatic heterocycles. The third-order valence-corrected chi connectivity index (χ3v) is 6.66. The summed E-state index contributed by atoms with van der Waals surface area (Å²) >= 11 is 12.4. The number of aromatic nitrogens is 2. The Morgan fingerprint density at radius 1 is 1.03 bits per heavy atom. The van der Waals surface area contributed by atoms with Crippen LogP contribution in [0.4, 0.5) is 5.69 Å². The molecule has 184 valence electrons. The van der Waals surface area contributed by atoms with Gasteiger partial charge in [-0.1, -0.05) is 17.7 Å². The van der Waals surface area contributed by atoms with Crippen molar-refractivity contribution < 1.29 is 14.6 Å². The third-order valence-electron chi connectivity index (χ3n) is 6.05.